The fraction of sp³-hybridized carbons (Fsp3) is 0.625. The maximum Gasteiger partial charge on any atom is 0.239 e. The maximum atomic E-state index is 10.4. The van der Waals surface area contributed by atoms with Crippen molar-refractivity contribution < 1.29 is 34.6 Å². The van der Waals surface area contributed by atoms with Crippen LogP contribution in [0.5, 0.6) is 5.88 Å². The van der Waals surface area contributed by atoms with Crippen molar-refractivity contribution >= 4 is 0 Å². The largest absolute Gasteiger partial charge is 0.443 e. The van der Waals surface area contributed by atoms with Gasteiger partial charge < -0.3 is 34.6 Å². The van der Waals surface area contributed by atoms with Gasteiger partial charge in [-0.05, 0) is 37.3 Å². The second-order valence-electron chi connectivity index (χ2n) is 8.85. The Bertz CT molecular complexity index is 908. The number of aliphatic hydroxyl groups excluding tert-OH is 4. The lowest BCUT2D eigenvalue weighted by molar-refractivity contribution is -0.278. The number of hydrogen-bond acceptors (Lipinski definition) is 8. The molecule has 0 amide bonds. The van der Waals surface area contributed by atoms with Gasteiger partial charge in [-0.1, -0.05) is 31.2 Å². The molecule has 182 valence electrons. The van der Waals surface area contributed by atoms with E-state index >= 15 is 0 Å². The third kappa shape index (κ3) is 5.24. The second-order valence-corrected chi connectivity index (χ2v) is 8.85. The molecule has 1 aromatic carbocycles. The summed E-state index contributed by atoms with van der Waals surface area (Å²) in [4.78, 5) is 0. The number of benzene rings is 1. The van der Waals surface area contributed by atoms with Crippen molar-refractivity contribution in [1.29, 1.82) is 0 Å². The molecule has 1 aromatic heterocycles. The van der Waals surface area contributed by atoms with Crippen LogP contribution in [0.3, 0.4) is 0 Å². The number of aryl methyl sites for hydroxylation is 1. The summed E-state index contributed by atoms with van der Waals surface area (Å²) in [5.41, 5.74) is 4.10. The topological polar surface area (TPSA) is 126 Å². The molecule has 2 saturated heterocycles. The lowest BCUT2D eigenvalue weighted by Crippen LogP contribution is -2.60. The van der Waals surface area contributed by atoms with Crippen LogP contribution in [-0.2, 0) is 28.9 Å². The molecule has 2 fully saturated rings. The lowest BCUT2D eigenvalue weighted by atomic mass is 9.99. The zero-order chi connectivity index (χ0) is 23.5. The molecule has 0 spiro atoms. The highest BCUT2D eigenvalue weighted by Gasteiger charge is 2.45. The molecule has 6 atom stereocenters. The predicted molar refractivity (Wildman–Crippen MR) is 119 cm³/mol. The number of ether oxygens (including phenoxy) is 3. The van der Waals surface area contributed by atoms with Gasteiger partial charge in [0.2, 0.25) is 12.2 Å². The summed E-state index contributed by atoms with van der Waals surface area (Å²) in [6, 6.07) is 8.35. The van der Waals surface area contributed by atoms with Crippen LogP contribution in [0, 0.1) is 6.92 Å². The second kappa shape index (κ2) is 10.5. The molecule has 9 nitrogen and oxygen atoms in total. The maximum absolute atomic E-state index is 10.4. The van der Waals surface area contributed by atoms with Crippen molar-refractivity contribution in [2.24, 2.45) is 0 Å². The van der Waals surface area contributed by atoms with Gasteiger partial charge >= 0.3 is 0 Å². The molecule has 2 aliphatic rings. The molecule has 3 heterocycles. The summed E-state index contributed by atoms with van der Waals surface area (Å²) in [6.07, 6.45) is -3.19. The van der Waals surface area contributed by atoms with Crippen molar-refractivity contribution in [3.8, 4) is 5.88 Å². The van der Waals surface area contributed by atoms with Crippen molar-refractivity contribution in [3.63, 3.8) is 0 Å². The first kappa shape index (κ1) is 24.1. The monoisotopic (exact) mass is 462 g/mol. The SMILES string of the molecule is CCc1ccc(Cc2c(O[C@@H]3O[C@H](CO)[C@@H](O)C(O)[C@H]3O)nn(C[C@H]3CCCO3)c2C)cc1. The van der Waals surface area contributed by atoms with Gasteiger partial charge in [0, 0.05) is 24.3 Å². The average Bonchev–Trinajstić information content (AvgIpc) is 3.44. The van der Waals surface area contributed by atoms with Crippen LogP contribution in [0.15, 0.2) is 24.3 Å². The fourth-order valence-corrected chi connectivity index (χ4v) is 4.38. The quantitative estimate of drug-likeness (QED) is 0.452. The number of nitrogens with zero attached hydrogens (tertiary/aromatic N) is 2. The molecular weight excluding hydrogens is 428 g/mol. The van der Waals surface area contributed by atoms with Crippen LogP contribution in [0.4, 0.5) is 0 Å². The van der Waals surface area contributed by atoms with Crippen LogP contribution in [0.1, 0.15) is 42.1 Å². The Labute approximate surface area is 193 Å². The minimum absolute atomic E-state index is 0.0837. The van der Waals surface area contributed by atoms with Gasteiger partial charge in [0.05, 0.1) is 19.3 Å². The molecule has 33 heavy (non-hydrogen) atoms. The molecule has 0 saturated carbocycles. The smallest absolute Gasteiger partial charge is 0.239 e. The molecular formula is C24H34N2O7. The third-order valence-corrected chi connectivity index (χ3v) is 6.58. The Kier molecular flexibility index (Phi) is 7.68. The van der Waals surface area contributed by atoms with Crippen LogP contribution in [0.25, 0.3) is 0 Å². The molecule has 4 N–H and O–H groups in total. The van der Waals surface area contributed by atoms with Crippen LogP contribution in [-0.4, -0.2) is 80.2 Å². The number of aromatic nitrogens is 2. The molecule has 0 bridgehead atoms. The lowest BCUT2D eigenvalue weighted by Gasteiger charge is -2.39. The molecule has 0 aliphatic carbocycles. The third-order valence-electron chi connectivity index (χ3n) is 6.58. The molecule has 1 unspecified atom stereocenters. The Morgan fingerprint density at radius 2 is 1.82 bits per heavy atom. The van der Waals surface area contributed by atoms with Gasteiger partial charge in [0.25, 0.3) is 0 Å². The molecule has 9 heteroatoms. The van der Waals surface area contributed by atoms with Gasteiger partial charge in [-0.2, -0.15) is 0 Å². The molecule has 2 aromatic rings. The highest BCUT2D eigenvalue weighted by molar-refractivity contribution is 5.37. The normalized spacial score (nSPS) is 30.0. The summed E-state index contributed by atoms with van der Waals surface area (Å²) in [7, 11) is 0. The Balaban J connectivity index is 1.61. The van der Waals surface area contributed by atoms with E-state index in [0.29, 0.717) is 13.0 Å². The van der Waals surface area contributed by atoms with E-state index in [0.717, 1.165) is 42.7 Å². The van der Waals surface area contributed by atoms with E-state index in [4.69, 9.17) is 14.2 Å². The van der Waals surface area contributed by atoms with Crippen molar-refractivity contribution in [2.75, 3.05) is 13.2 Å². The fourth-order valence-electron chi connectivity index (χ4n) is 4.38. The van der Waals surface area contributed by atoms with Crippen LogP contribution in [0.2, 0.25) is 0 Å². The first-order valence-corrected chi connectivity index (χ1v) is 11.6. The van der Waals surface area contributed by atoms with E-state index in [1.807, 2.05) is 11.6 Å². The summed E-state index contributed by atoms with van der Waals surface area (Å²) in [5, 5.41) is 44.7. The van der Waals surface area contributed by atoms with E-state index < -0.39 is 37.3 Å². The van der Waals surface area contributed by atoms with Gasteiger partial charge in [-0.25, -0.2) is 0 Å². The van der Waals surface area contributed by atoms with Crippen molar-refractivity contribution in [1.82, 2.24) is 9.78 Å². The van der Waals surface area contributed by atoms with Gasteiger partial charge in [0.1, 0.15) is 24.4 Å². The van der Waals surface area contributed by atoms with E-state index in [-0.39, 0.29) is 12.0 Å². The van der Waals surface area contributed by atoms with E-state index in [9.17, 15) is 20.4 Å². The average molecular weight is 463 g/mol. The Hall–Kier alpha value is -2.01. The predicted octanol–water partition coefficient (Wildman–Crippen LogP) is 0.702. The highest BCUT2D eigenvalue weighted by Crippen LogP contribution is 2.30. The molecule has 4 rings (SSSR count). The van der Waals surface area contributed by atoms with E-state index in [1.165, 1.54) is 5.56 Å². The van der Waals surface area contributed by atoms with Gasteiger partial charge in [-0.3, -0.25) is 4.68 Å². The Morgan fingerprint density at radius 1 is 1.09 bits per heavy atom. The van der Waals surface area contributed by atoms with E-state index in [2.05, 4.69) is 36.3 Å². The summed E-state index contributed by atoms with van der Waals surface area (Å²) < 4.78 is 19.1. The summed E-state index contributed by atoms with van der Waals surface area (Å²) in [5.74, 6) is 0.286. The minimum Gasteiger partial charge on any atom is -0.443 e. The first-order valence-electron chi connectivity index (χ1n) is 11.6. The van der Waals surface area contributed by atoms with Crippen LogP contribution >= 0.6 is 0 Å². The zero-order valence-corrected chi connectivity index (χ0v) is 19.1. The summed E-state index contributed by atoms with van der Waals surface area (Å²) >= 11 is 0. The Morgan fingerprint density at radius 3 is 2.45 bits per heavy atom. The van der Waals surface area contributed by atoms with Gasteiger partial charge in [0.15, 0.2) is 0 Å². The number of aliphatic hydroxyl groups is 4. The van der Waals surface area contributed by atoms with E-state index in [1.54, 1.807) is 0 Å². The number of rotatable bonds is 8. The van der Waals surface area contributed by atoms with Crippen LogP contribution < -0.4 is 4.74 Å². The summed E-state index contributed by atoms with van der Waals surface area (Å²) in [6.45, 7) is 4.90. The zero-order valence-electron chi connectivity index (χ0n) is 19.1. The molecule has 2 aliphatic heterocycles. The van der Waals surface area contributed by atoms with Crippen molar-refractivity contribution in [2.45, 2.75) is 82.9 Å². The minimum atomic E-state index is -1.51. The van der Waals surface area contributed by atoms with Crippen molar-refractivity contribution in [3.05, 3.63) is 46.6 Å². The first-order chi connectivity index (χ1) is 15.9. The molecule has 0 radical (unpaired) electrons. The standard InChI is InChI=1S/C24H34N2O7/c1-3-15-6-8-16(9-7-15)11-18-14(2)26(12-17-5-4-10-31-17)25-23(18)33-24-22(30)21(29)20(28)19(13-27)32-24/h6-9,17,19-22,24,27-30H,3-5,10-13H2,1-2H3/t17-,19-,20-,21?,22-,24+/m1/s1. The number of hydrogen-bond donors (Lipinski definition) is 4. The highest BCUT2D eigenvalue weighted by atomic mass is 16.7. The van der Waals surface area contributed by atoms with Gasteiger partial charge in [-0.15, -0.1) is 5.10 Å².